The van der Waals surface area contributed by atoms with Crippen LogP contribution in [0, 0.1) is 11.6 Å². The first-order valence-electron chi connectivity index (χ1n) is 5.23. The highest BCUT2D eigenvalue weighted by Gasteiger charge is 2.21. The number of benzene rings is 2. The second-order valence-corrected chi connectivity index (χ2v) is 6.22. The molecule has 0 aromatic heterocycles. The molecule has 0 saturated carbocycles. The Morgan fingerprint density at radius 1 is 1.05 bits per heavy atom. The first-order chi connectivity index (χ1) is 9.31. The molecule has 0 aliphatic carbocycles. The molecule has 0 heterocycles. The molecule has 0 aliphatic heterocycles. The topological polar surface area (TPSA) is 46.2 Å². The Bertz CT molecular complexity index is 766. The van der Waals surface area contributed by atoms with Crippen molar-refractivity contribution in [2.75, 3.05) is 4.72 Å². The normalized spacial score (nSPS) is 11.4. The van der Waals surface area contributed by atoms with Crippen LogP contribution in [0.2, 0.25) is 10.0 Å². The van der Waals surface area contributed by atoms with Crippen LogP contribution in [0.5, 0.6) is 0 Å². The van der Waals surface area contributed by atoms with Crippen LogP contribution in [0.25, 0.3) is 0 Å². The third-order valence-corrected chi connectivity index (χ3v) is 4.72. The maximum Gasteiger partial charge on any atom is 0.263 e. The van der Waals surface area contributed by atoms with Crippen molar-refractivity contribution in [1.82, 2.24) is 0 Å². The minimum Gasteiger partial charge on any atom is -0.276 e. The van der Waals surface area contributed by atoms with E-state index in [4.69, 9.17) is 23.2 Å². The Hall–Kier alpha value is -1.37. The largest absolute Gasteiger partial charge is 0.276 e. The van der Waals surface area contributed by atoms with Crippen LogP contribution in [-0.2, 0) is 10.0 Å². The molecule has 0 amide bonds. The lowest BCUT2D eigenvalue weighted by Gasteiger charge is -2.10. The van der Waals surface area contributed by atoms with Gasteiger partial charge in [0.25, 0.3) is 10.0 Å². The predicted molar refractivity (Wildman–Crippen MR) is 73.6 cm³/mol. The van der Waals surface area contributed by atoms with E-state index in [-0.39, 0.29) is 14.9 Å². The van der Waals surface area contributed by atoms with Crippen molar-refractivity contribution in [3.63, 3.8) is 0 Å². The molecule has 2 aromatic carbocycles. The quantitative estimate of drug-likeness (QED) is 0.917. The summed E-state index contributed by atoms with van der Waals surface area (Å²) in [6.07, 6.45) is 0. The summed E-state index contributed by atoms with van der Waals surface area (Å²) in [4.78, 5) is -0.324. The van der Waals surface area contributed by atoms with E-state index < -0.39 is 27.3 Å². The number of anilines is 1. The Balaban J connectivity index is 2.46. The Morgan fingerprint density at radius 2 is 1.75 bits per heavy atom. The molecule has 0 radical (unpaired) electrons. The minimum atomic E-state index is -4.18. The van der Waals surface area contributed by atoms with Gasteiger partial charge in [-0.3, -0.25) is 4.72 Å². The van der Waals surface area contributed by atoms with Gasteiger partial charge < -0.3 is 0 Å². The van der Waals surface area contributed by atoms with E-state index in [2.05, 4.69) is 0 Å². The molecule has 0 atom stereocenters. The van der Waals surface area contributed by atoms with Crippen molar-refractivity contribution in [2.24, 2.45) is 0 Å². The van der Waals surface area contributed by atoms with E-state index in [9.17, 15) is 17.2 Å². The zero-order valence-electron chi connectivity index (χ0n) is 9.70. The summed E-state index contributed by atoms with van der Waals surface area (Å²) < 4.78 is 52.6. The molecule has 0 bridgehead atoms. The third kappa shape index (κ3) is 3.03. The van der Waals surface area contributed by atoms with Gasteiger partial charge >= 0.3 is 0 Å². The van der Waals surface area contributed by atoms with Crippen LogP contribution in [0.4, 0.5) is 14.5 Å². The van der Waals surface area contributed by atoms with E-state index in [0.29, 0.717) is 0 Å². The summed E-state index contributed by atoms with van der Waals surface area (Å²) in [6.45, 7) is 0. The Labute approximate surface area is 124 Å². The zero-order chi connectivity index (χ0) is 14.9. The van der Waals surface area contributed by atoms with Crippen LogP contribution in [0.3, 0.4) is 0 Å². The number of rotatable bonds is 3. The van der Waals surface area contributed by atoms with Gasteiger partial charge in [-0.15, -0.1) is 0 Å². The molecule has 0 fully saturated rings. The number of hydrogen-bond acceptors (Lipinski definition) is 2. The summed E-state index contributed by atoms with van der Waals surface area (Å²) in [5.74, 6) is -1.69. The fourth-order valence-corrected chi connectivity index (χ4v) is 3.29. The summed E-state index contributed by atoms with van der Waals surface area (Å²) in [6, 6.07) is 6.40. The molecule has 0 aliphatic rings. The zero-order valence-corrected chi connectivity index (χ0v) is 12.0. The van der Waals surface area contributed by atoms with Crippen molar-refractivity contribution < 1.29 is 17.2 Å². The van der Waals surface area contributed by atoms with Gasteiger partial charge in [0.15, 0.2) is 0 Å². The van der Waals surface area contributed by atoms with E-state index in [1.807, 2.05) is 4.72 Å². The lowest BCUT2D eigenvalue weighted by Crippen LogP contribution is -2.14. The fourth-order valence-electron chi connectivity index (χ4n) is 1.47. The second kappa shape index (κ2) is 5.55. The van der Waals surface area contributed by atoms with Gasteiger partial charge in [-0.2, -0.15) is 0 Å². The van der Waals surface area contributed by atoms with Crippen molar-refractivity contribution in [3.05, 3.63) is 58.1 Å². The van der Waals surface area contributed by atoms with E-state index >= 15 is 0 Å². The van der Waals surface area contributed by atoms with Gasteiger partial charge in [0.1, 0.15) is 16.5 Å². The van der Waals surface area contributed by atoms with E-state index in [1.54, 1.807) is 0 Å². The van der Waals surface area contributed by atoms with Gasteiger partial charge in [-0.05, 0) is 24.3 Å². The van der Waals surface area contributed by atoms with E-state index in [0.717, 1.165) is 18.2 Å². The molecular weight excluding hydrogens is 331 g/mol. The van der Waals surface area contributed by atoms with Crippen LogP contribution in [0.15, 0.2) is 41.3 Å². The molecule has 8 heteroatoms. The molecule has 106 valence electrons. The monoisotopic (exact) mass is 337 g/mol. The van der Waals surface area contributed by atoms with Crippen LogP contribution in [0.1, 0.15) is 0 Å². The van der Waals surface area contributed by atoms with Crippen LogP contribution < -0.4 is 4.72 Å². The minimum absolute atomic E-state index is 0.0363. The molecular formula is C12H7Cl2F2NO2S. The molecule has 1 N–H and O–H groups in total. The van der Waals surface area contributed by atoms with Crippen molar-refractivity contribution in [1.29, 1.82) is 0 Å². The van der Waals surface area contributed by atoms with Crippen molar-refractivity contribution >= 4 is 38.9 Å². The average molecular weight is 338 g/mol. The number of sulfonamides is 1. The van der Waals surface area contributed by atoms with Crippen molar-refractivity contribution in [3.8, 4) is 0 Å². The van der Waals surface area contributed by atoms with Gasteiger partial charge in [0.05, 0.1) is 15.7 Å². The summed E-state index contributed by atoms with van der Waals surface area (Å²) in [5.41, 5.74) is -0.513. The number of nitrogens with one attached hydrogen (secondary N) is 1. The lowest BCUT2D eigenvalue weighted by molar-refractivity contribution is 0.594. The van der Waals surface area contributed by atoms with Crippen LogP contribution in [-0.4, -0.2) is 8.42 Å². The predicted octanol–water partition coefficient (Wildman–Crippen LogP) is 4.07. The molecule has 2 aromatic rings. The first-order valence-corrected chi connectivity index (χ1v) is 7.47. The highest BCUT2D eigenvalue weighted by atomic mass is 35.5. The number of hydrogen-bond donors (Lipinski definition) is 1. The Morgan fingerprint density at radius 3 is 2.45 bits per heavy atom. The molecule has 3 nitrogen and oxygen atoms in total. The van der Waals surface area contributed by atoms with Crippen molar-refractivity contribution in [2.45, 2.75) is 4.90 Å². The fraction of sp³-hybridized carbons (Fsp3) is 0. The van der Waals surface area contributed by atoms with Gasteiger partial charge in [0.2, 0.25) is 0 Å². The van der Waals surface area contributed by atoms with E-state index in [1.165, 1.54) is 18.2 Å². The van der Waals surface area contributed by atoms with Gasteiger partial charge in [0, 0.05) is 6.07 Å². The molecule has 0 unspecified atom stereocenters. The molecule has 0 spiro atoms. The summed E-state index contributed by atoms with van der Waals surface area (Å²) in [7, 11) is -4.18. The molecule has 20 heavy (non-hydrogen) atoms. The highest BCUT2D eigenvalue weighted by molar-refractivity contribution is 7.92. The smallest absolute Gasteiger partial charge is 0.263 e. The van der Waals surface area contributed by atoms with Gasteiger partial charge in [-0.1, -0.05) is 29.3 Å². The average Bonchev–Trinajstić information content (AvgIpc) is 2.36. The maximum absolute atomic E-state index is 13.4. The Kier molecular flexibility index (Phi) is 4.17. The molecule has 2 rings (SSSR count). The standard InChI is InChI=1S/C12H7Cl2F2NO2S/c13-8-2-1-3-11(12(8)14)20(18,19)17-10-6-7(15)4-5-9(10)16/h1-6,17H. The SMILES string of the molecule is O=S(=O)(Nc1cc(F)ccc1F)c1cccc(Cl)c1Cl. The highest BCUT2D eigenvalue weighted by Crippen LogP contribution is 2.30. The summed E-state index contributed by atoms with van der Waals surface area (Å²) >= 11 is 11.5. The van der Waals surface area contributed by atoms with Crippen LogP contribution >= 0.6 is 23.2 Å². The summed E-state index contributed by atoms with van der Waals surface area (Å²) in [5, 5.41) is -0.160. The number of halogens is 4. The third-order valence-electron chi connectivity index (χ3n) is 2.38. The van der Waals surface area contributed by atoms with Gasteiger partial charge in [-0.25, -0.2) is 17.2 Å². The second-order valence-electron chi connectivity index (χ2n) is 3.78. The lowest BCUT2D eigenvalue weighted by atomic mass is 10.3. The first kappa shape index (κ1) is 15.0. The molecule has 0 saturated heterocycles. The maximum atomic E-state index is 13.4.